The molecule has 0 saturated heterocycles. The molecule has 0 spiro atoms. The van der Waals surface area contributed by atoms with Gasteiger partial charge in [0.25, 0.3) is 0 Å². The molecule has 2 aromatic heterocycles. The minimum absolute atomic E-state index is 0.338. The number of rotatable bonds is 3. The van der Waals surface area contributed by atoms with Crippen molar-refractivity contribution in [3.05, 3.63) is 29.2 Å². The number of hydrogen-bond donors (Lipinski definition) is 1. The van der Waals surface area contributed by atoms with Crippen molar-refractivity contribution in [3.63, 3.8) is 0 Å². The first kappa shape index (κ1) is 12.6. The third-order valence-electron chi connectivity index (χ3n) is 4.19. The highest BCUT2D eigenvalue weighted by Gasteiger charge is 2.19. The largest absolute Gasteiger partial charge is 0.307 e. The summed E-state index contributed by atoms with van der Waals surface area (Å²) in [4.78, 5) is 4.52. The number of hydrogen-bond acceptors (Lipinski definition) is 3. The number of fused-ring (bicyclic) bond motifs is 1. The van der Waals surface area contributed by atoms with Gasteiger partial charge in [-0.3, -0.25) is 0 Å². The first-order valence-corrected chi connectivity index (χ1v) is 7.23. The van der Waals surface area contributed by atoms with Crippen molar-refractivity contribution in [1.82, 2.24) is 19.9 Å². The molecule has 1 unspecified atom stereocenters. The van der Waals surface area contributed by atoms with E-state index in [1.165, 1.54) is 36.9 Å². The zero-order valence-electron chi connectivity index (χ0n) is 12.0. The van der Waals surface area contributed by atoms with Gasteiger partial charge in [-0.2, -0.15) is 5.10 Å². The maximum atomic E-state index is 4.52. The molecule has 1 fully saturated rings. The quantitative estimate of drug-likeness (QED) is 0.920. The highest BCUT2D eigenvalue weighted by atomic mass is 15.3. The lowest BCUT2D eigenvalue weighted by molar-refractivity contribution is 0.457. The summed E-state index contributed by atoms with van der Waals surface area (Å²) in [5, 5.41) is 8.24. The molecule has 102 valence electrons. The van der Waals surface area contributed by atoms with Gasteiger partial charge in [0.15, 0.2) is 5.65 Å². The number of aromatic nitrogens is 3. The van der Waals surface area contributed by atoms with Crippen LogP contribution in [-0.2, 0) is 0 Å². The fourth-order valence-corrected chi connectivity index (χ4v) is 3.14. The minimum Gasteiger partial charge on any atom is -0.307 e. The average Bonchev–Trinajstić information content (AvgIpc) is 2.98. The normalized spacial score (nSPS) is 18.3. The Bertz CT molecular complexity index is 581. The summed E-state index contributed by atoms with van der Waals surface area (Å²) < 4.78 is 1.96. The SMILES string of the molecule is Cc1cc2ncc(C(C)NC3CCCC3)c(C)n2n1. The van der Waals surface area contributed by atoms with Crippen LogP contribution in [0, 0.1) is 13.8 Å². The van der Waals surface area contributed by atoms with E-state index in [2.05, 4.69) is 29.2 Å². The van der Waals surface area contributed by atoms with Crippen molar-refractivity contribution >= 4 is 5.65 Å². The summed E-state index contributed by atoms with van der Waals surface area (Å²) in [6.45, 7) is 6.36. The molecule has 1 aliphatic carbocycles. The zero-order chi connectivity index (χ0) is 13.4. The van der Waals surface area contributed by atoms with Crippen LogP contribution >= 0.6 is 0 Å². The molecule has 0 radical (unpaired) electrons. The second kappa shape index (κ2) is 4.93. The van der Waals surface area contributed by atoms with Crippen molar-refractivity contribution in [3.8, 4) is 0 Å². The van der Waals surface area contributed by atoms with Gasteiger partial charge in [-0.25, -0.2) is 9.50 Å². The standard InChI is InChI=1S/C15H22N4/c1-10-8-15-16-9-14(12(3)19(15)18-10)11(2)17-13-6-4-5-7-13/h8-9,11,13,17H,4-7H2,1-3H3. The Morgan fingerprint density at radius 2 is 2.05 bits per heavy atom. The Labute approximate surface area is 114 Å². The van der Waals surface area contributed by atoms with Crippen LogP contribution < -0.4 is 5.32 Å². The summed E-state index contributed by atoms with van der Waals surface area (Å²) in [6, 6.07) is 3.03. The van der Waals surface area contributed by atoms with E-state index in [1.54, 1.807) is 0 Å². The maximum Gasteiger partial charge on any atom is 0.155 e. The van der Waals surface area contributed by atoms with Gasteiger partial charge in [-0.15, -0.1) is 0 Å². The van der Waals surface area contributed by atoms with Crippen LogP contribution in [0.25, 0.3) is 5.65 Å². The molecule has 4 nitrogen and oxygen atoms in total. The first-order valence-electron chi connectivity index (χ1n) is 7.23. The molecule has 0 aromatic carbocycles. The number of nitrogens with zero attached hydrogens (tertiary/aromatic N) is 3. The average molecular weight is 258 g/mol. The molecule has 0 aliphatic heterocycles. The van der Waals surface area contributed by atoms with Gasteiger partial charge in [0.05, 0.1) is 5.69 Å². The highest BCUT2D eigenvalue weighted by Crippen LogP contribution is 2.23. The van der Waals surface area contributed by atoms with Gasteiger partial charge < -0.3 is 5.32 Å². The summed E-state index contributed by atoms with van der Waals surface area (Å²) in [6.07, 6.45) is 7.33. The molecular formula is C15H22N4. The Morgan fingerprint density at radius 1 is 1.32 bits per heavy atom. The molecule has 19 heavy (non-hydrogen) atoms. The van der Waals surface area contributed by atoms with Gasteiger partial charge in [0, 0.05) is 35.6 Å². The van der Waals surface area contributed by atoms with Gasteiger partial charge in [0.1, 0.15) is 0 Å². The summed E-state index contributed by atoms with van der Waals surface area (Å²) in [5.74, 6) is 0. The predicted octanol–water partition coefficient (Wildman–Crippen LogP) is 2.94. The summed E-state index contributed by atoms with van der Waals surface area (Å²) in [5.41, 5.74) is 4.40. The van der Waals surface area contributed by atoms with Gasteiger partial charge in [0.2, 0.25) is 0 Å². The Kier molecular flexibility index (Phi) is 3.27. The topological polar surface area (TPSA) is 42.2 Å². The van der Waals surface area contributed by atoms with E-state index < -0.39 is 0 Å². The Morgan fingerprint density at radius 3 is 2.79 bits per heavy atom. The van der Waals surface area contributed by atoms with Crippen LogP contribution in [0.2, 0.25) is 0 Å². The van der Waals surface area contributed by atoms with E-state index in [0.717, 1.165) is 11.3 Å². The number of nitrogens with one attached hydrogen (secondary N) is 1. The first-order chi connectivity index (χ1) is 9.15. The van der Waals surface area contributed by atoms with Crippen LogP contribution in [0.5, 0.6) is 0 Å². The second-order valence-corrected chi connectivity index (χ2v) is 5.72. The summed E-state index contributed by atoms with van der Waals surface area (Å²) >= 11 is 0. The van der Waals surface area contributed by atoms with Crippen LogP contribution in [0.3, 0.4) is 0 Å². The molecule has 1 aliphatic rings. The summed E-state index contributed by atoms with van der Waals surface area (Å²) in [7, 11) is 0. The Balaban J connectivity index is 1.88. The van der Waals surface area contributed by atoms with Gasteiger partial charge in [-0.1, -0.05) is 12.8 Å². The van der Waals surface area contributed by atoms with E-state index in [1.807, 2.05) is 23.7 Å². The van der Waals surface area contributed by atoms with E-state index in [0.29, 0.717) is 12.1 Å². The molecule has 0 bridgehead atoms. The lowest BCUT2D eigenvalue weighted by Crippen LogP contribution is -2.29. The molecule has 3 rings (SSSR count). The van der Waals surface area contributed by atoms with Crippen LogP contribution in [0.15, 0.2) is 12.3 Å². The smallest absolute Gasteiger partial charge is 0.155 e. The van der Waals surface area contributed by atoms with E-state index >= 15 is 0 Å². The van der Waals surface area contributed by atoms with Gasteiger partial charge in [-0.05, 0) is 33.6 Å². The molecule has 1 saturated carbocycles. The molecule has 4 heteroatoms. The molecule has 2 aromatic rings. The molecule has 2 heterocycles. The monoisotopic (exact) mass is 258 g/mol. The van der Waals surface area contributed by atoms with Crippen molar-refractivity contribution in [2.45, 2.75) is 58.5 Å². The van der Waals surface area contributed by atoms with Crippen molar-refractivity contribution in [2.24, 2.45) is 0 Å². The molecule has 0 amide bonds. The van der Waals surface area contributed by atoms with Gasteiger partial charge >= 0.3 is 0 Å². The fourth-order valence-electron chi connectivity index (χ4n) is 3.14. The zero-order valence-corrected chi connectivity index (χ0v) is 12.0. The predicted molar refractivity (Wildman–Crippen MR) is 76.3 cm³/mol. The number of aryl methyl sites for hydroxylation is 2. The minimum atomic E-state index is 0.338. The van der Waals surface area contributed by atoms with E-state index in [9.17, 15) is 0 Å². The van der Waals surface area contributed by atoms with Crippen LogP contribution in [0.4, 0.5) is 0 Å². The van der Waals surface area contributed by atoms with E-state index in [4.69, 9.17) is 0 Å². The van der Waals surface area contributed by atoms with Crippen molar-refractivity contribution in [2.75, 3.05) is 0 Å². The lowest BCUT2D eigenvalue weighted by Gasteiger charge is -2.21. The maximum absolute atomic E-state index is 4.52. The van der Waals surface area contributed by atoms with Crippen molar-refractivity contribution in [1.29, 1.82) is 0 Å². The lowest BCUT2D eigenvalue weighted by atomic mass is 10.1. The fraction of sp³-hybridized carbons (Fsp3) is 0.600. The second-order valence-electron chi connectivity index (χ2n) is 5.72. The van der Waals surface area contributed by atoms with E-state index in [-0.39, 0.29) is 0 Å². The molecular weight excluding hydrogens is 236 g/mol. The van der Waals surface area contributed by atoms with Crippen LogP contribution in [-0.4, -0.2) is 20.6 Å². The van der Waals surface area contributed by atoms with Crippen molar-refractivity contribution < 1.29 is 0 Å². The molecule has 1 N–H and O–H groups in total. The van der Waals surface area contributed by atoms with Crippen LogP contribution in [0.1, 0.15) is 55.6 Å². The third-order valence-corrected chi connectivity index (χ3v) is 4.19. The highest BCUT2D eigenvalue weighted by molar-refractivity contribution is 5.42. The molecule has 1 atom stereocenters. The third kappa shape index (κ3) is 2.37. The Hall–Kier alpha value is -1.42.